The summed E-state index contributed by atoms with van der Waals surface area (Å²) in [5, 5.41) is 1.06. The highest BCUT2D eigenvalue weighted by Gasteiger charge is 2.40. The molecule has 4 rings (SSSR count). The fourth-order valence-electron chi connectivity index (χ4n) is 2.62. The normalized spacial score (nSPS) is 18.1. The topological polar surface area (TPSA) is 79.0 Å². The lowest BCUT2D eigenvalue weighted by atomic mass is 10.2. The van der Waals surface area contributed by atoms with Gasteiger partial charge in [0.15, 0.2) is 5.16 Å². The molecule has 1 aliphatic rings. The minimum absolute atomic E-state index is 0.157. The van der Waals surface area contributed by atoms with Crippen molar-refractivity contribution in [3.63, 3.8) is 0 Å². The molecule has 1 N–H and O–H groups in total. The number of aromatic nitrogens is 3. The molecule has 0 radical (unpaired) electrons. The number of H-pyrrole nitrogens is 1. The first-order chi connectivity index (χ1) is 11.2. The molecule has 0 saturated carbocycles. The molecule has 1 unspecified atom stereocenters. The molecule has 1 saturated heterocycles. The van der Waals surface area contributed by atoms with Crippen LogP contribution in [-0.4, -0.2) is 32.0 Å². The van der Waals surface area contributed by atoms with E-state index < -0.39 is 5.25 Å². The van der Waals surface area contributed by atoms with Gasteiger partial charge in [-0.2, -0.15) is 0 Å². The van der Waals surface area contributed by atoms with E-state index in [0.29, 0.717) is 10.8 Å². The number of nitrogens with one attached hydrogen (secondary N) is 1. The quantitative estimate of drug-likeness (QED) is 0.591. The predicted octanol–water partition coefficient (Wildman–Crippen LogP) is 2.38. The lowest BCUT2D eigenvalue weighted by molar-refractivity contribution is -0.121. The van der Waals surface area contributed by atoms with Crippen molar-refractivity contribution in [2.24, 2.45) is 0 Å². The third-order valence-corrected chi connectivity index (χ3v) is 4.77. The highest BCUT2D eigenvalue weighted by atomic mass is 32.2. The largest absolute Gasteiger partial charge is 0.361 e. The number of hydrogen-bond acceptors (Lipinski definition) is 5. The Morgan fingerprint density at radius 1 is 1.17 bits per heavy atom. The number of amides is 2. The Hall–Kier alpha value is -2.67. The summed E-state index contributed by atoms with van der Waals surface area (Å²) in [6.45, 7) is 0. The molecule has 0 aliphatic carbocycles. The molecule has 6 nitrogen and oxygen atoms in total. The van der Waals surface area contributed by atoms with Gasteiger partial charge in [-0.1, -0.05) is 17.8 Å². The van der Waals surface area contributed by atoms with Crippen LogP contribution in [0.4, 0.5) is 5.69 Å². The maximum atomic E-state index is 12.6. The molecule has 23 heavy (non-hydrogen) atoms. The molecule has 3 aromatic rings. The third-order valence-electron chi connectivity index (χ3n) is 3.69. The van der Waals surface area contributed by atoms with Gasteiger partial charge < -0.3 is 4.98 Å². The second-order valence-corrected chi connectivity index (χ2v) is 6.33. The SMILES string of the molecule is O=C1CC(Sc2ncccn2)C(=O)N1c1ccc2cc[nH]c2c1. The molecule has 3 heterocycles. The van der Waals surface area contributed by atoms with Gasteiger partial charge in [-0.3, -0.25) is 9.59 Å². The van der Waals surface area contributed by atoms with E-state index in [9.17, 15) is 9.59 Å². The molecule has 7 heteroatoms. The molecule has 0 spiro atoms. The van der Waals surface area contributed by atoms with Crippen molar-refractivity contribution in [3.8, 4) is 0 Å². The number of hydrogen-bond donors (Lipinski definition) is 1. The van der Waals surface area contributed by atoms with Crippen LogP contribution in [0.3, 0.4) is 0 Å². The number of thioether (sulfide) groups is 1. The Kier molecular flexibility index (Phi) is 3.34. The maximum Gasteiger partial charge on any atom is 0.247 e. The standard InChI is InChI=1S/C16H12N4O2S/c21-14-9-13(23-16-18-5-1-6-19-16)15(22)20(14)11-3-2-10-4-7-17-12(10)8-11/h1-8,13,17H,9H2. The zero-order valence-electron chi connectivity index (χ0n) is 12.0. The summed E-state index contributed by atoms with van der Waals surface area (Å²) in [4.78, 5) is 37.5. The van der Waals surface area contributed by atoms with Crippen LogP contribution in [-0.2, 0) is 9.59 Å². The number of carbonyl (C=O) groups is 2. The summed E-state index contributed by atoms with van der Waals surface area (Å²) in [7, 11) is 0. The molecule has 0 bridgehead atoms. The molecule has 2 amide bonds. The predicted molar refractivity (Wildman–Crippen MR) is 87.1 cm³/mol. The molecular formula is C16H12N4O2S. The highest BCUT2D eigenvalue weighted by Crippen LogP contribution is 2.33. The average molecular weight is 324 g/mol. The smallest absolute Gasteiger partial charge is 0.247 e. The molecule has 1 fully saturated rings. The van der Waals surface area contributed by atoms with Crippen molar-refractivity contribution in [2.45, 2.75) is 16.8 Å². The molecule has 1 atom stereocenters. The van der Waals surface area contributed by atoms with Crippen LogP contribution in [0, 0.1) is 0 Å². The number of anilines is 1. The summed E-state index contributed by atoms with van der Waals surface area (Å²) in [6.07, 6.45) is 5.22. The Bertz CT molecular complexity index is 893. The van der Waals surface area contributed by atoms with E-state index in [1.165, 1.54) is 16.7 Å². The van der Waals surface area contributed by atoms with Crippen molar-refractivity contribution in [1.82, 2.24) is 15.0 Å². The van der Waals surface area contributed by atoms with E-state index in [1.54, 1.807) is 24.5 Å². The molecule has 1 aliphatic heterocycles. The summed E-state index contributed by atoms with van der Waals surface area (Å²) >= 11 is 1.22. The van der Waals surface area contributed by atoms with Crippen molar-refractivity contribution in [1.29, 1.82) is 0 Å². The van der Waals surface area contributed by atoms with E-state index in [2.05, 4.69) is 15.0 Å². The van der Waals surface area contributed by atoms with Crippen molar-refractivity contribution in [2.75, 3.05) is 4.90 Å². The van der Waals surface area contributed by atoms with Gasteiger partial charge in [-0.15, -0.1) is 0 Å². The van der Waals surface area contributed by atoms with Crippen LogP contribution in [0.2, 0.25) is 0 Å². The lowest BCUT2D eigenvalue weighted by Crippen LogP contribution is -2.31. The fourth-order valence-corrected chi connectivity index (χ4v) is 3.55. The maximum absolute atomic E-state index is 12.6. The Labute approximate surface area is 135 Å². The third kappa shape index (κ3) is 2.49. The zero-order valence-corrected chi connectivity index (χ0v) is 12.8. The van der Waals surface area contributed by atoms with Gasteiger partial charge in [0.2, 0.25) is 11.8 Å². The number of carbonyl (C=O) groups excluding carboxylic acids is 2. The summed E-state index contributed by atoms with van der Waals surface area (Å²) in [5.74, 6) is -0.423. The number of nitrogens with zero attached hydrogens (tertiary/aromatic N) is 3. The van der Waals surface area contributed by atoms with Gasteiger partial charge in [0, 0.05) is 30.5 Å². The second kappa shape index (κ2) is 5.51. The second-order valence-electron chi connectivity index (χ2n) is 5.16. The van der Waals surface area contributed by atoms with Crippen molar-refractivity contribution < 1.29 is 9.59 Å². The van der Waals surface area contributed by atoms with Crippen molar-refractivity contribution in [3.05, 3.63) is 48.9 Å². The van der Waals surface area contributed by atoms with Crippen LogP contribution in [0.5, 0.6) is 0 Å². The van der Waals surface area contributed by atoms with Crippen LogP contribution < -0.4 is 4.90 Å². The number of fused-ring (bicyclic) bond motifs is 1. The Morgan fingerprint density at radius 3 is 2.83 bits per heavy atom. The van der Waals surface area contributed by atoms with Gasteiger partial charge in [-0.05, 0) is 29.7 Å². The minimum atomic E-state index is -0.482. The van der Waals surface area contributed by atoms with E-state index in [1.807, 2.05) is 24.4 Å². The van der Waals surface area contributed by atoms with Gasteiger partial charge >= 0.3 is 0 Å². The number of rotatable bonds is 3. The summed E-state index contributed by atoms with van der Waals surface area (Å²) < 4.78 is 0. The van der Waals surface area contributed by atoms with E-state index in [0.717, 1.165) is 10.9 Å². The molecule has 1 aromatic carbocycles. The monoisotopic (exact) mass is 324 g/mol. The lowest BCUT2D eigenvalue weighted by Gasteiger charge is -2.14. The Morgan fingerprint density at radius 2 is 2.00 bits per heavy atom. The fraction of sp³-hybridized carbons (Fsp3) is 0.125. The van der Waals surface area contributed by atoms with Gasteiger partial charge in [0.05, 0.1) is 5.69 Å². The van der Waals surface area contributed by atoms with Crippen LogP contribution in [0.1, 0.15) is 6.42 Å². The van der Waals surface area contributed by atoms with E-state index >= 15 is 0 Å². The number of aromatic amines is 1. The average Bonchev–Trinajstić information content (AvgIpc) is 3.13. The molecular weight excluding hydrogens is 312 g/mol. The van der Waals surface area contributed by atoms with Crippen LogP contribution in [0.15, 0.2) is 54.1 Å². The highest BCUT2D eigenvalue weighted by molar-refractivity contribution is 8.00. The first-order valence-electron chi connectivity index (χ1n) is 7.10. The molecule has 2 aromatic heterocycles. The minimum Gasteiger partial charge on any atom is -0.361 e. The van der Waals surface area contributed by atoms with E-state index in [-0.39, 0.29) is 18.2 Å². The zero-order chi connectivity index (χ0) is 15.8. The van der Waals surface area contributed by atoms with Gasteiger partial charge in [0.25, 0.3) is 0 Å². The van der Waals surface area contributed by atoms with Gasteiger partial charge in [-0.25, -0.2) is 14.9 Å². The van der Waals surface area contributed by atoms with Crippen LogP contribution >= 0.6 is 11.8 Å². The molecule has 114 valence electrons. The van der Waals surface area contributed by atoms with E-state index in [4.69, 9.17) is 0 Å². The first kappa shape index (κ1) is 14.0. The Balaban J connectivity index is 1.62. The number of benzene rings is 1. The van der Waals surface area contributed by atoms with Crippen molar-refractivity contribution >= 4 is 40.2 Å². The van der Waals surface area contributed by atoms with Crippen LogP contribution in [0.25, 0.3) is 10.9 Å². The summed E-state index contributed by atoms with van der Waals surface area (Å²) in [5.41, 5.74) is 1.48. The summed E-state index contributed by atoms with van der Waals surface area (Å²) in [6, 6.07) is 9.15. The van der Waals surface area contributed by atoms with Gasteiger partial charge in [0.1, 0.15) is 5.25 Å². The first-order valence-corrected chi connectivity index (χ1v) is 7.98. The number of imide groups is 1.